The third kappa shape index (κ3) is 12.0. The van der Waals surface area contributed by atoms with Gasteiger partial charge in [-0.05, 0) is 74.2 Å². The number of nitrogens with one attached hydrogen (secondary N) is 4. The Morgan fingerprint density at radius 1 is 0.367 bits per heavy atom. The fourth-order valence-electron chi connectivity index (χ4n) is 7.55. The maximum Gasteiger partial charge on any atom is 0.221 e. The molecular formula is C48H60N4O8. The molecule has 0 radical (unpaired) electrons. The predicted molar refractivity (Wildman–Crippen MR) is 237 cm³/mol. The zero-order valence-electron chi connectivity index (χ0n) is 36.4. The highest BCUT2D eigenvalue weighted by Gasteiger charge is 2.25. The Balaban J connectivity index is 1.96. The van der Waals surface area contributed by atoms with E-state index in [1.165, 1.54) is 27.7 Å². The Labute approximate surface area is 354 Å². The molecule has 0 saturated carbocycles. The molecule has 4 aromatic rings. The number of hydrogen-bond acceptors (Lipinski definition) is 8. The van der Waals surface area contributed by atoms with Crippen LogP contribution in [-0.2, 0) is 44.9 Å². The van der Waals surface area contributed by atoms with Gasteiger partial charge in [-0.2, -0.15) is 0 Å². The van der Waals surface area contributed by atoms with E-state index in [4.69, 9.17) is 18.9 Å². The van der Waals surface area contributed by atoms with Gasteiger partial charge < -0.3 is 40.2 Å². The van der Waals surface area contributed by atoms with E-state index in [2.05, 4.69) is 21.3 Å². The lowest BCUT2D eigenvalue weighted by atomic mass is 9.90. The van der Waals surface area contributed by atoms with Crippen LogP contribution in [0.15, 0.2) is 48.5 Å². The molecule has 60 heavy (non-hydrogen) atoms. The number of benzene rings is 4. The third-order valence-corrected chi connectivity index (χ3v) is 9.58. The van der Waals surface area contributed by atoms with Crippen molar-refractivity contribution in [2.45, 2.75) is 107 Å². The molecule has 0 saturated heterocycles. The van der Waals surface area contributed by atoms with Gasteiger partial charge in [0.1, 0.15) is 23.0 Å². The monoisotopic (exact) mass is 820 g/mol. The Kier molecular flexibility index (Phi) is 16.0. The first kappa shape index (κ1) is 45.1. The number of carbonyl (C=O) groups excluding carboxylic acids is 4. The van der Waals surface area contributed by atoms with Gasteiger partial charge in [0, 0.05) is 121 Å². The second kappa shape index (κ2) is 21.3. The van der Waals surface area contributed by atoms with Crippen LogP contribution in [0.25, 0.3) is 0 Å². The van der Waals surface area contributed by atoms with Gasteiger partial charge in [0.05, 0.1) is 26.4 Å². The average Bonchev–Trinajstić information content (AvgIpc) is 3.15. The smallest absolute Gasteiger partial charge is 0.221 e. The molecule has 12 heteroatoms. The first-order chi connectivity index (χ1) is 28.8. The van der Waals surface area contributed by atoms with Crippen LogP contribution >= 0.6 is 0 Å². The lowest BCUT2D eigenvalue weighted by Gasteiger charge is -2.25. The Morgan fingerprint density at radius 2 is 0.533 bits per heavy atom. The molecule has 0 atom stereocenters. The van der Waals surface area contributed by atoms with Gasteiger partial charge in [-0.1, -0.05) is 27.7 Å². The predicted octanol–water partition coefficient (Wildman–Crippen LogP) is 9.35. The minimum Gasteiger partial charge on any atom is -0.493 e. The maximum atomic E-state index is 12.6. The summed E-state index contributed by atoms with van der Waals surface area (Å²) in [4.78, 5) is 50.5. The van der Waals surface area contributed by atoms with Crippen molar-refractivity contribution in [1.82, 2.24) is 0 Å². The van der Waals surface area contributed by atoms with Crippen LogP contribution in [0.5, 0.6) is 23.0 Å². The molecule has 0 aliphatic heterocycles. The second-order valence-electron chi connectivity index (χ2n) is 15.3. The van der Waals surface area contributed by atoms with Crippen molar-refractivity contribution in [1.29, 1.82) is 0 Å². The van der Waals surface area contributed by atoms with E-state index < -0.39 is 0 Å². The molecule has 0 fully saturated rings. The van der Waals surface area contributed by atoms with Crippen LogP contribution in [0.4, 0.5) is 22.7 Å². The first-order valence-corrected chi connectivity index (χ1v) is 21.1. The summed E-state index contributed by atoms with van der Waals surface area (Å²) < 4.78 is 26.6. The standard InChI is InChI=1S/C48H60N4O8/c1-9-13-57-45-33-17-35-23-42(50-30(6)54)25-37(46(35)58-14-10-2)19-39-27-44(52-32(8)56)28-40(48(39)60-16-12-4)20-38-26-43(51-31(7)55)24-36(47(38)59-15-11-3)18-34(45)22-41(21-33)49-29(5)53/h21-28H,9-20H2,1-8H3,(H,49,53)(H,50,54)(H,51,55)(H,52,56). The molecule has 12 nitrogen and oxygen atoms in total. The Morgan fingerprint density at radius 3 is 0.667 bits per heavy atom. The van der Waals surface area contributed by atoms with Crippen molar-refractivity contribution >= 4 is 46.4 Å². The number of carbonyl (C=O) groups is 4. The van der Waals surface area contributed by atoms with Crippen molar-refractivity contribution in [3.63, 3.8) is 0 Å². The maximum absolute atomic E-state index is 12.6. The number of anilines is 4. The fraction of sp³-hybridized carbons (Fsp3) is 0.417. The SMILES string of the molecule is CCCOc1c2cc(NC(C)=O)cc1Cc1cc(NC(C)=O)cc(c1OCCC)Cc1cc(NC(C)=O)cc(c1OCCC)Cc1cc(NC(C)=O)cc(c1OCCC)C2. The molecule has 0 spiro atoms. The van der Waals surface area contributed by atoms with Gasteiger partial charge in [-0.15, -0.1) is 0 Å². The molecule has 4 N–H and O–H groups in total. The molecule has 0 heterocycles. The van der Waals surface area contributed by atoms with Gasteiger partial charge >= 0.3 is 0 Å². The number of fused-ring (bicyclic) bond motifs is 8. The Bertz CT molecular complexity index is 1810. The molecule has 0 aromatic heterocycles. The van der Waals surface area contributed by atoms with E-state index in [-0.39, 0.29) is 23.6 Å². The third-order valence-electron chi connectivity index (χ3n) is 9.58. The van der Waals surface area contributed by atoms with Gasteiger partial charge in [0.15, 0.2) is 0 Å². The van der Waals surface area contributed by atoms with Crippen molar-refractivity contribution in [3.05, 3.63) is 93.0 Å². The molecule has 8 bridgehead atoms. The van der Waals surface area contributed by atoms with Gasteiger partial charge in [-0.3, -0.25) is 19.2 Å². The Hall–Kier alpha value is -6.04. The quantitative estimate of drug-likeness (QED) is 0.0769. The van der Waals surface area contributed by atoms with E-state index in [1.54, 1.807) is 0 Å². The zero-order valence-corrected chi connectivity index (χ0v) is 36.4. The number of rotatable bonds is 16. The normalized spacial score (nSPS) is 11.9. The molecule has 5 rings (SSSR count). The van der Waals surface area contributed by atoms with Crippen molar-refractivity contribution in [2.24, 2.45) is 0 Å². The summed E-state index contributed by atoms with van der Waals surface area (Å²) in [5.74, 6) is 1.78. The van der Waals surface area contributed by atoms with Crippen molar-refractivity contribution in [3.8, 4) is 23.0 Å². The number of hydrogen-bond donors (Lipinski definition) is 4. The highest BCUT2D eigenvalue weighted by atomic mass is 16.5. The number of amides is 4. The summed E-state index contributed by atoms with van der Waals surface area (Å²) in [5, 5.41) is 12.0. The topological polar surface area (TPSA) is 153 Å². The summed E-state index contributed by atoms with van der Waals surface area (Å²) in [6, 6.07) is 15.5. The van der Waals surface area contributed by atoms with Gasteiger partial charge in [0.2, 0.25) is 23.6 Å². The second-order valence-corrected chi connectivity index (χ2v) is 15.3. The van der Waals surface area contributed by atoms with Crippen LogP contribution in [0.3, 0.4) is 0 Å². The summed E-state index contributed by atoms with van der Waals surface area (Å²) >= 11 is 0. The van der Waals surface area contributed by atoms with Gasteiger partial charge in [0.25, 0.3) is 0 Å². The van der Waals surface area contributed by atoms with Crippen LogP contribution in [0, 0.1) is 0 Å². The summed E-state index contributed by atoms with van der Waals surface area (Å²) in [5.41, 5.74) is 8.83. The van der Waals surface area contributed by atoms with Crippen LogP contribution in [0.2, 0.25) is 0 Å². The van der Waals surface area contributed by atoms with Crippen LogP contribution < -0.4 is 40.2 Å². The molecule has 4 aromatic carbocycles. The highest BCUT2D eigenvalue weighted by Crippen LogP contribution is 2.43. The lowest BCUT2D eigenvalue weighted by molar-refractivity contribution is -0.115. The minimum absolute atomic E-state index is 0.221. The van der Waals surface area contributed by atoms with Crippen molar-refractivity contribution < 1.29 is 38.1 Å². The van der Waals surface area contributed by atoms with E-state index in [9.17, 15) is 19.2 Å². The number of ether oxygens (including phenoxy) is 4. The molecule has 320 valence electrons. The molecule has 4 amide bonds. The summed E-state index contributed by atoms with van der Waals surface area (Å²) in [6.45, 7) is 15.9. The highest BCUT2D eigenvalue weighted by molar-refractivity contribution is 5.91. The summed E-state index contributed by atoms with van der Waals surface area (Å²) in [6.07, 6.45) is 4.33. The largest absolute Gasteiger partial charge is 0.493 e. The van der Waals surface area contributed by atoms with E-state index in [1.807, 2.05) is 76.2 Å². The average molecular weight is 821 g/mol. The molecule has 0 unspecified atom stereocenters. The van der Waals surface area contributed by atoms with Gasteiger partial charge in [-0.25, -0.2) is 0 Å². The molecule has 1 aliphatic carbocycles. The molecular weight excluding hydrogens is 761 g/mol. The van der Waals surface area contributed by atoms with Crippen LogP contribution in [-0.4, -0.2) is 50.1 Å². The molecule has 1 aliphatic rings. The fourth-order valence-corrected chi connectivity index (χ4v) is 7.55. The van der Waals surface area contributed by atoms with Crippen LogP contribution in [0.1, 0.15) is 126 Å². The lowest BCUT2D eigenvalue weighted by Crippen LogP contribution is -2.14. The van der Waals surface area contributed by atoms with Crippen molar-refractivity contribution in [2.75, 3.05) is 47.7 Å². The van der Waals surface area contributed by atoms with E-state index in [0.717, 1.165) is 70.2 Å². The summed E-state index contributed by atoms with van der Waals surface area (Å²) in [7, 11) is 0. The van der Waals surface area contributed by atoms with E-state index in [0.29, 0.717) is 97.9 Å². The first-order valence-electron chi connectivity index (χ1n) is 21.1. The zero-order chi connectivity index (χ0) is 43.3. The van der Waals surface area contributed by atoms with E-state index >= 15 is 0 Å². The minimum atomic E-state index is -0.221.